The first-order chi connectivity index (χ1) is 7.20. The highest BCUT2D eigenvalue weighted by atomic mass is 16.3. The van der Waals surface area contributed by atoms with E-state index in [0.717, 1.165) is 0 Å². The summed E-state index contributed by atoms with van der Waals surface area (Å²) in [7, 11) is 0. The van der Waals surface area contributed by atoms with Gasteiger partial charge in [-0.05, 0) is 6.92 Å². The molecule has 7 nitrogen and oxygen atoms in total. The van der Waals surface area contributed by atoms with Gasteiger partial charge in [0.15, 0.2) is 5.65 Å². The number of aliphatic hydroxyl groups excluding tert-OH is 1. The van der Waals surface area contributed by atoms with Gasteiger partial charge in [0.05, 0.1) is 6.61 Å². The third-order valence-electron chi connectivity index (χ3n) is 1.98. The van der Waals surface area contributed by atoms with Crippen molar-refractivity contribution in [1.82, 2.24) is 19.6 Å². The number of rotatable bonds is 3. The van der Waals surface area contributed by atoms with Crippen LogP contribution in [0.25, 0.3) is 5.65 Å². The van der Waals surface area contributed by atoms with Crippen LogP contribution in [0.3, 0.4) is 0 Å². The van der Waals surface area contributed by atoms with Crippen molar-refractivity contribution in [3.05, 3.63) is 22.9 Å². The highest BCUT2D eigenvalue weighted by molar-refractivity contribution is 5.48. The number of hydrogen-bond donors (Lipinski definition) is 3. The monoisotopic (exact) mass is 209 g/mol. The fourth-order valence-electron chi connectivity index (χ4n) is 1.19. The number of fused-ring (bicyclic) bond motifs is 1. The van der Waals surface area contributed by atoms with Crippen LogP contribution in [-0.4, -0.2) is 37.3 Å². The molecule has 0 fully saturated rings. The molecule has 80 valence electrons. The fourth-order valence-corrected chi connectivity index (χ4v) is 1.19. The average Bonchev–Trinajstić information content (AvgIpc) is 2.60. The number of nitrogens with zero attached hydrogens (tertiary/aromatic N) is 3. The second kappa shape index (κ2) is 3.70. The van der Waals surface area contributed by atoms with Crippen LogP contribution in [0, 0.1) is 0 Å². The molecule has 2 heterocycles. The number of H-pyrrole nitrogens is 1. The maximum Gasteiger partial charge on any atom is 0.348 e. The Balaban J connectivity index is 2.35. The van der Waals surface area contributed by atoms with Crippen molar-refractivity contribution in [3.8, 4) is 0 Å². The van der Waals surface area contributed by atoms with Crippen molar-refractivity contribution in [3.63, 3.8) is 0 Å². The van der Waals surface area contributed by atoms with Gasteiger partial charge in [0.2, 0.25) is 0 Å². The summed E-state index contributed by atoms with van der Waals surface area (Å²) >= 11 is 0. The second-order valence-corrected chi connectivity index (χ2v) is 3.26. The molecule has 3 N–H and O–H groups in total. The third-order valence-corrected chi connectivity index (χ3v) is 1.98. The van der Waals surface area contributed by atoms with Gasteiger partial charge in [0, 0.05) is 12.1 Å². The summed E-state index contributed by atoms with van der Waals surface area (Å²) < 4.78 is 1.30. The Morgan fingerprint density at radius 2 is 2.53 bits per heavy atom. The zero-order chi connectivity index (χ0) is 10.8. The number of hydrogen-bond acceptors (Lipinski definition) is 5. The van der Waals surface area contributed by atoms with E-state index in [1.54, 1.807) is 6.07 Å². The molecule has 0 aliphatic rings. The molecule has 1 atom stereocenters. The molecule has 1 unspecified atom stereocenters. The quantitative estimate of drug-likeness (QED) is 0.615. The Bertz CT molecular complexity index is 517. The van der Waals surface area contributed by atoms with E-state index in [2.05, 4.69) is 20.5 Å². The third kappa shape index (κ3) is 1.82. The first-order valence-corrected chi connectivity index (χ1v) is 4.51. The minimum atomic E-state index is -0.320. The summed E-state index contributed by atoms with van der Waals surface area (Å²) in [5, 5.41) is 17.9. The van der Waals surface area contributed by atoms with Gasteiger partial charge in [0.1, 0.15) is 12.1 Å². The Morgan fingerprint density at radius 3 is 3.27 bits per heavy atom. The predicted octanol–water partition coefficient (Wildman–Crippen LogP) is -0.790. The summed E-state index contributed by atoms with van der Waals surface area (Å²) in [6.45, 7) is 1.84. The maximum absolute atomic E-state index is 11.1. The number of aliphatic hydroxyl groups is 1. The van der Waals surface area contributed by atoms with Crippen LogP contribution in [0.5, 0.6) is 0 Å². The number of nitrogens with one attached hydrogen (secondary N) is 2. The molecule has 2 aromatic rings. The van der Waals surface area contributed by atoms with Gasteiger partial charge in [0.25, 0.3) is 0 Å². The Labute approximate surface area is 84.8 Å². The molecule has 2 rings (SSSR count). The standard InChI is InChI=1S/C8H11N5O2/c1-5(3-14)10-6-2-7-11-12-8(15)13(7)4-9-6/h2,4-5,10,14H,3H2,1H3,(H,12,15). The van der Waals surface area contributed by atoms with Gasteiger partial charge in [-0.1, -0.05) is 0 Å². The molecule has 15 heavy (non-hydrogen) atoms. The van der Waals surface area contributed by atoms with Crippen molar-refractivity contribution in [1.29, 1.82) is 0 Å². The molecule has 2 aromatic heterocycles. The highest BCUT2D eigenvalue weighted by Crippen LogP contribution is 2.05. The Hall–Kier alpha value is -1.89. The van der Waals surface area contributed by atoms with Gasteiger partial charge in [-0.15, -0.1) is 0 Å². The lowest BCUT2D eigenvalue weighted by molar-refractivity contribution is 0.281. The smallest absolute Gasteiger partial charge is 0.348 e. The van der Waals surface area contributed by atoms with Crippen molar-refractivity contribution in [2.75, 3.05) is 11.9 Å². The molecule has 0 aromatic carbocycles. The van der Waals surface area contributed by atoms with Crippen molar-refractivity contribution >= 4 is 11.5 Å². The lowest BCUT2D eigenvalue weighted by Crippen LogP contribution is -2.20. The largest absolute Gasteiger partial charge is 0.394 e. The normalized spacial score (nSPS) is 12.9. The van der Waals surface area contributed by atoms with E-state index in [1.807, 2.05) is 6.92 Å². The van der Waals surface area contributed by atoms with E-state index >= 15 is 0 Å². The fraction of sp³-hybridized carbons (Fsp3) is 0.375. The van der Waals surface area contributed by atoms with Gasteiger partial charge in [-0.2, -0.15) is 5.10 Å². The molecular formula is C8H11N5O2. The molecule has 7 heteroatoms. The average molecular weight is 209 g/mol. The molecule has 0 amide bonds. The van der Waals surface area contributed by atoms with Gasteiger partial charge >= 0.3 is 5.69 Å². The minimum absolute atomic E-state index is 0.0141. The van der Waals surface area contributed by atoms with Crippen LogP contribution in [-0.2, 0) is 0 Å². The van der Waals surface area contributed by atoms with Crippen LogP contribution >= 0.6 is 0 Å². The van der Waals surface area contributed by atoms with E-state index < -0.39 is 0 Å². The molecular weight excluding hydrogens is 198 g/mol. The van der Waals surface area contributed by atoms with E-state index in [9.17, 15) is 4.79 Å². The molecule has 0 saturated carbocycles. The lowest BCUT2D eigenvalue weighted by Gasteiger charge is -2.10. The lowest BCUT2D eigenvalue weighted by atomic mass is 10.3. The zero-order valence-electron chi connectivity index (χ0n) is 8.14. The van der Waals surface area contributed by atoms with Crippen molar-refractivity contribution in [2.24, 2.45) is 0 Å². The van der Waals surface area contributed by atoms with Gasteiger partial charge < -0.3 is 10.4 Å². The number of aromatic nitrogens is 4. The number of anilines is 1. The highest BCUT2D eigenvalue weighted by Gasteiger charge is 2.04. The van der Waals surface area contributed by atoms with E-state index in [0.29, 0.717) is 11.5 Å². The maximum atomic E-state index is 11.1. The summed E-state index contributed by atoms with van der Waals surface area (Å²) in [6.07, 6.45) is 1.38. The van der Waals surface area contributed by atoms with E-state index in [1.165, 1.54) is 10.7 Å². The first kappa shape index (κ1) is 9.66. The predicted molar refractivity (Wildman–Crippen MR) is 53.8 cm³/mol. The zero-order valence-corrected chi connectivity index (χ0v) is 8.14. The topological polar surface area (TPSA) is 95.3 Å². The van der Waals surface area contributed by atoms with Crippen LogP contribution in [0.2, 0.25) is 0 Å². The molecule has 0 bridgehead atoms. The second-order valence-electron chi connectivity index (χ2n) is 3.26. The summed E-state index contributed by atoms with van der Waals surface area (Å²) in [5.41, 5.74) is 0.168. The molecule has 0 spiro atoms. The minimum Gasteiger partial charge on any atom is -0.394 e. The van der Waals surface area contributed by atoms with Crippen LogP contribution < -0.4 is 11.0 Å². The molecule has 0 saturated heterocycles. The van der Waals surface area contributed by atoms with Gasteiger partial charge in [-0.3, -0.25) is 0 Å². The molecule has 0 aliphatic heterocycles. The van der Waals surface area contributed by atoms with Gasteiger partial charge in [-0.25, -0.2) is 19.3 Å². The molecule has 0 aliphatic carbocycles. The number of aromatic amines is 1. The van der Waals surface area contributed by atoms with Crippen molar-refractivity contribution < 1.29 is 5.11 Å². The van der Waals surface area contributed by atoms with E-state index in [4.69, 9.17) is 5.11 Å². The summed E-state index contributed by atoms with van der Waals surface area (Å²) in [4.78, 5) is 15.1. The summed E-state index contributed by atoms with van der Waals surface area (Å²) in [5.74, 6) is 0.572. The van der Waals surface area contributed by atoms with Crippen LogP contribution in [0.15, 0.2) is 17.2 Å². The summed E-state index contributed by atoms with van der Waals surface area (Å²) in [6, 6.07) is 1.54. The van der Waals surface area contributed by atoms with Crippen LogP contribution in [0.4, 0.5) is 5.82 Å². The van der Waals surface area contributed by atoms with Crippen LogP contribution in [0.1, 0.15) is 6.92 Å². The molecule has 0 radical (unpaired) electrons. The first-order valence-electron chi connectivity index (χ1n) is 4.51. The Morgan fingerprint density at radius 1 is 1.73 bits per heavy atom. The van der Waals surface area contributed by atoms with E-state index in [-0.39, 0.29) is 18.3 Å². The Kier molecular flexibility index (Phi) is 2.38. The van der Waals surface area contributed by atoms with Crippen molar-refractivity contribution in [2.45, 2.75) is 13.0 Å². The SMILES string of the molecule is CC(CO)Nc1cc2n[nH]c(=O)n2cn1.